The highest BCUT2D eigenvalue weighted by molar-refractivity contribution is 6.03. The van der Waals surface area contributed by atoms with Crippen molar-refractivity contribution in [3.05, 3.63) is 48.0 Å². The van der Waals surface area contributed by atoms with Crippen LogP contribution in [-0.2, 0) is 0 Å². The molecular weight excluding hydrogens is 164 g/mol. The molecule has 0 aliphatic carbocycles. The van der Waals surface area contributed by atoms with Gasteiger partial charge in [0.1, 0.15) is 0 Å². The Balaban J connectivity index is 2.83. The molecule has 0 bridgehead atoms. The van der Waals surface area contributed by atoms with Gasteiger partial charge in [-0.15, -0.1) is 0 Å². The molecule has 2 aromatic rings. The number of rotatable bonds is 1. The largest absolute Gasteiger partial charge is 0.478 e. The average molecular weight is 171 g/mol. The minimum atomic E-state index is -0.898. The van der Waals surface area contributed by atoms with Crippen molar-refractivity contribution in [1.29, 1.82) is 0 Å². The third-order valence-electron chi connectivity index (χ3n) is 1.94. The Morgan fingerprint density at radius 2 is 2.00 bits per heavy atom. The van der Waals surface area contributed by atoms with E-state index >= 15 is 0 Å². The summed E-state index contributed by atoms with van der Waals surface area (Å²) >= 11 is 0. The lowest BCUT2D eigenvalue weighted by atomic mass is 10.1. The zero-order chi connectivity index (χ0) is 9.26. The molecule has 0 aliphatic heterocycles. The molecule has 0 saturated heterocycles. The monoisotopic (exact) mass is 171 g/mol. The number of benzene rings is 2. The first-order chi connectivity index (χ1) is 6.29. The molecule has 0 heterocycles. The molecule has 0 amide bonds. The second kappa shape index (κ2) is 2.90. The second-order valence-electron chi connectivity index (χ2n) is 2.74. The zero-order valence-corrected chi connectivity index (χ0v) is 6.82. The molecule has 0 atom stereocenters. The SMILES string of the molecule is O=C(O)c1cc[c]c2ccccc12. The summed E-state index contributed by atoms with van der Waals surface area (Å²) < 4.78 is 0. The predicted molar refractivity (Wildman–Crippen MR) is 49.7 cm³/mol. The summed E-state index contributed by atoms with van der Waals surface area (Å²) in [5.41, 5.74) is 0.328. The highest BCUT2D eigenvalue weighted by Crippen LogP contribution is 2.17. The smallest absolute Gasteiger partial charge is 0.336 e. The number of fused-ring (bicyclic) bond motifs is 1. The standard InChI is InChI=1S/C11H7O2/c12-11(13)10-7-3-5-8-4-1-2-6-9(8)10/h1-4,6-7H,(H,12,13). The lowest BCUT2D eigenvalue weighted by molar-refractivity contribution is 0.0699. The first-order valence-corrected chi connectivity index (χ1v) is 3.92. The quantitative estimate of drug-likeness (QED) is 0.715. The van der Waals surface area contributed by atoms with Crippen LogP contribution in [-0.4, -0.2) is 11.1 Å². The molecule has 0 spiro atoms. The predicted octanol–water partition coefficient (Wildman–Crippen LogP) is 2.34. The third-order valence-corrected chi connectivity index (χ3v) is 1.94. The van der Waals surface area contributed by atoms with Crippen LogP contribution >= 0.6 is 0 Å². The molecular formula is C11H7O2. The van der Waals surface area contributed by atoms with Crippen molar-refractivity contribution in [3.63, 3.8) is 0 Å². The maximum atomic E-state index is 10.8. The number of carbonyl (C=O) groups is 1. The van der Waals surface area contributed by atoms with Crippen molar-refractivity contribution in [2.75, 3.05) is 0 Å². The van der Waals surface area contributed by atoms with Crippen molar-refractivity contribution in [3.8, 4) is 0 Å². The minimum absolute atomic E-state index is 0.328. The summed E-state index contributed by atoms with van der Waals surface area (Å²) in [5.74, 6) is -0.898. The molecule has 1 radical (unpaired) electrons. The van der Waals surface area contributed by atoms with E-state index in [1.54, 1.807) is 18.2 Å². The van der Waals surface area contributed by atoms with Crippen LogP contribution in [0.4, 0.5) is 0 Å². The molecule has 1 N–H and O–H groups in total. The Bertz CT molecular complexity index is 455. The van der Waals surface area contributed by atoms with Crippen LogP contribution in [0.3, 0.4) is 0 Å². The van der Waals surface area contributed by atoms with E-state index in [2.05, 4.69) is 6.07 Å². The maximum Gasteiger partial charge on any atom is 0.336 e. The van der Waals surface area contributed by atoms with Gasteiger partial charge in [-0.3, -0.25) is 0 Å². The van der Waals surface area contributed by atoms with Gasteiger partial charge in [-0.25, -0.2) is 4.79 Å². The molecule has 63 valence electrons. The summed E-state index contributed by atoms with van der Waals surface area (Å²) in [5, 5.41) is 10.4. The van der Waals surface area contributed by atoms with Crippen LogP contribution in [0.5, 0.6) is 0 Å². The number of hydrogen-bond acceptors (Lipinski definition) is 1. The van der Waals surface area contributed by atoms with Gasteiger partial charge in [0.2, 0.25) is 0 Å². The topological polar surface area (TPSA) is 37.3 Å². The molecule has 13 heavy (non-hydrogen) atoms. The average Bonchev–Trinajstić information content (AvgIpc) is 2.17. The Labute approximate surface area is 75.4 Å². The van der Waals surface area contributed by atoms with Crippen molar-refractivity contribution >= 4 is 16.7 Å². The number of aromatic carboxylic acids is 1. The van der Waals surface area contributed by atoms with E-state index in [1.807, 2.05) is 18.2 Å². The van der Waals surface area contributed by atoms with Gasteiger partial charge in [-0.05, 0) is 22.9 Å². The van der Waals surface area contributed by atoms with E-state index < -0.39 is 5.97 Å². The number of carboxylic acid groups (broad SMARTS) is 1. The molecule has 0 fully saturated rings. The highest BCUT2D eigenvalue weighted by Gasteiger charge is 2.06. The molecule has 0 saturated carbocycles. The Kier molecular flexibility index (Phi) is 1.74. The fraction of sp³-hybridized carbons (Fsp3) is 0. The van der Waals surface area contributed by atoms with E-state index in [4.69, 9.17) is 5.11 Å². The summed E-state index contributed by atoms with van der Waals surface area (Å²) in [7, 11) is 0. The zero-order valence-electron chi connectivity index (χ0n) is 6.82. The van der Waals surface area contributed by atoms with Crippen LogP contribution in [0.1, 0.15) is 10.4 Å². The fourth-order valence-electron chi connectivity index (χ4n) is 1.33. The lowest BCUT2D eigenvalue weighted by Crippen LogP contribution is -1.96. The van der Waals surface area contributed by atoms with Crippen molar-refractivity contribution in [2.24, 2.45) is 0 Å². The lowest BCUT2D eigenvalue weighted by Gasteiger charge is -1.99. The van der Waals surface area contributed by atoms with Gasteiger partial charge in [0, 0.05) is 0 Å². The summed E-state index contributed by atoms with van der Waals surface area (Å²) in [6, 6.07) is 13.5. The molecule has 2 aromatic carbocycles. The van der Waals surface area contributed by atoms with Gasteiger partial charge in [-0.2, -0.15) is 0 Å². The van der Waals surface area contributed by atoms with Gasteiger partial charge in [0.25, 0.3) is 0 Å². The van der Waals surface area contributed by atoms with E-state index in [0.29, 0.717) is 5.56 Å². The van der Waals surface area contributed by atoms with Crippen molar-refractivity contribution in [2.45, 2.75) is 0 Å². The van der Waals surface area contributed by atoms with Gasteiger partial charge in [0.05, 0.1) is 5.56 Å². The molecule has 0 aromatic heterocycles. The molecule has 2 heteroatoms. The van der Waals surface area contributed by atoms with Crippen molar-refractivity contribution < 1.29 is 9.90 Å². The molecule has 2 rings (SSSR count). The first-order valence-electron chi connectivity index (χ1n) is 3.92. The van der Waals surface area contributed by atoms with E-state index in [1.165, 1.54) is 0 Å². The van der Waals surface area contributed by atoms with E-state index in [0.717, 1.165) is 10.8 Å². The fourth-order valence-corrected chi connectivity index (χ4v) is 1.33. The van der Waals surface area contributed by atoms with Crippen LogP contribution in [0, 0.1) is 6.07 Å². The highest BCUT2D eigenvalue weighted by atomic mass is 16.4. The summed E-state index contributed by atoms with van der Waals surface area (Å²) in [6.45, 7) is 0. The van der Waals surface area contributed by atoms with Gasteiger partial charge in [-0.1, -0.05) is 30.3 Å². The molecule has 0 aliphatic rings. The van der Waals surface area contributed by atoms with Crippen LogP contribution in [0.25, 0.3) is 10.8 Å². The van der Waals surface area contributed by atoms with Gasteiger partial charge in [0.15, 0.2) is 0 Å². The summed E-state index contributed by atoms with van der Waals surface area (Å²) in [4.78, 5) is 10.8. The normalized spacial score (nSPS) is 10.2. The van der Waals surface area contributed by atoms with E-state index in [9.17, 15) is 4.79 Å². The third kappa shape index (κ3) is 1.26. The Hall–Kier alpha value is -1.83. The molecule has 0 unspecified atom stereocenters. The van der Waals surface area contributed by atoms with E-state index in [-0.39, 0.29) is 0 Å². The maximum absolute atomic E-state index is 10.8. The minimum Gasteiger partial charge on any atom is -0.478 e. The Morgan fingerprint density at radius 1 is 1.23 bits per heavy atom. The molecule has 2 nitrogen and oxygen atoms in total. The van der Waals surface area contributed by atoms with Crippen LogP contribution in [0.15, 0.2) is 36.4 Å². The van der Waals surface area contributed by atoms with Gasteiger partial charge < -0.3 is 5.11 Å². The van der Waals surface area contributed by atoms with Crippen molar-refractivity contribution in [1.82, 2.24) is 0 Å². The van der Waals surface area contributed by atoms with Gasteiger partial charge >= 0.3 is 5.97 Å². The van der Waals surface area contributed by atoms with Crippen LogP contribution < -0.4 is 0 Å². The van der Waals surface area contributed by atoms with Crippen LogP contribution in [0.2, 0.25) is 0 Å². The number of carboxylic acids is 1. The first kappa shape index (κ1) is 7.80. The summed E-state index contributed by atoms with van der Waals surface area (Å²) in [6.07, 6.45) is 0. The number of hydrogen-bond donors (Lipinski definition) is 1. The Morgan fingerprint density at radius 3 is 2.77 bits per heavy atom. The second-order valence-corrected chi connectivity index (χ2v) is 2.74.